The zero-order valence-electron chi connectivity index (χ0n) is 11.1. The van der Waals surface area contributed by atoms with Crippen molar-refractivity contribution in [2.24, 2.45) is 5.41 Å². The summed E-state index contributed by atoms with van der Waals surface area (Å²) in [7, 11) is 0. The van der Waals surface area contributed by atoms with Gasteiger partial charge in [-0.25, -0.2) is 0 Å². The van der Waals surface area contributed by atoms with Crippen LogP contribution in [0.3, 0.4) is 0 Å². The number of carboxylic acid groups (broad SMARTS) is 1. The molecule has 6 nitrogen and oxygen atoms in total. The third kappa shape index (κ3) is 5.01. The first kappa shape index (κ1) is 14.9. The summed E-state index contributed by atoms with van der Waals surface area (Å²) < 4.78 is 5.23. The highest BCUT2D eigenvalue weighted by atomic mass is 16.5. The second-order valence-corrected chi connectivity index (χ2v) is 5.17. The van der Waals surface area contributed by atoms with Crippen LogP contribution in [0.5, 0.6) is 0 Å². The van der Waals surface area contributed by atoms with E-state index >= 15 is 0 Å². The van der Waals surface area contributed by atoms with Gasteiger partial charge in [0.2, 0.25) is 5.91 Å². The number of nitrogens with zero attached hydrogens (tertiary/aromatic N) is 1. The first-order valence-corrected chi connectivity index (χ1v) is 6.22. The summed E-state index contributed by atoms with van der Waals surface area (Å²) in [5.74, 6) is -1.17. The standard InChI is InChI=1S/C12H22N2O4/c1-12(2,11(16)17)9-10(15)13-3-4-14-5-7-18-8-6-14/h3-9H2,1-2H3,(H,13,15)(H,16,17). The fourth-order valence-corrected chi connectivity index (χ4v) is 1.72. The predicted molar refractivity (Wildman–Crippen MR) is 66.3 cm³/mol. The minimum absolute atomic E-state index is 0.00540. The lowest BCUT2D eigenvalue weighted by Crippen LogP contribution is -2.42. The molecule has 6 heteroatoms. The van der Waals surface area contributed by atoms with Crippen LogP contribution in [0.4, 0.5) is 0 Å². The molecular formula is C12H22N2O4. The summed E-state index contributed by atoms with van der Waals surface area (Å²) in [4.78, 5) is 24.7. The van der Waals surface area contributed by atoms with Crippen LogP contribution in [0, 0.1) is 5.41 Å². The van der Waals surface area contributed by atoms with E-state index in [-0.39, 0.29) is 12.3 Å². The van der Waals surface area contributed by atoms with Gasteiger partial charge in [-0.15, -0.1) is 0 Å². The van der Waals surface area contributed by atoms with Crippen molar-refractivity contribution in [1.29, 1.82) is 0 Å². The number of hydrogen-bond acceptors (Lipinski definition) is 4. The molecule has 0 aliphatic carbocycles. The topological polar surface area (TPSA) is 78.9 Å². The summed E-state index contributed by atoms with van der Waals surface area (Å²) in [6, 6.07) is 0. The number of amides is 1. The van der Waals surface area contributed by atoms with Crippen LogP contribution in [0.1, 0.15) is 20.3 Å². The zero-order valence-corrected chi connectivity index (χ0v) is 11.1. The molecule has 1 fully saturated rings. The Balaban J connectivity index is 2.18. The lowest BCUT2D eigenvalue weighted by Gasteiger charge is -2.26. The molecule has 0 saturated carbocycles. The Kier molecular flexibility index (Phi) is 5.55. The average Bonchev–Trinajstić information content (AvgIpc) is 2.29. The maximum atomic E-state index is 11.6. The minimum atomic E-state index is -1.01. The van der Waals surface area contributed by atoms with Crippen molar-refractivity contribution in [2.45, 2.75) is 20.3 Å². The van der Waals surface area contributed by atoms with Gasteiger partial charge in [-0.2, -0.15) is 0 Å². The first-order chi connectivity index (χ1) is 8.42. The first-order valence-electron chi connectivity index (χ1n) is 6.22. The van der Waals surface area contributed by atoms with E-state index in [9.17, 15) is 9.59 Å². The Morgan fingerprint density at radius 3 is 2.50 bits per heavy atom. The van der Waals surface area contributed by atoms with Gasteiger partial charge in [0.15, 0.2) is 0 Å². The van der Waals surface area contributed by atoms with Crippen LogP contribution < -0.4 is 5.32 Å². The van der Waals surface area contributed by atoms with Crippen molar-refractivity contribution in [3.05, 3.63) is 0 Å². The second kappa shape index (κ2) is 6.70. The predicted octanol–water partition coefficient (Wildman–Crippen LogP) is -0.0643. The van der Waals surface area contributed by atoms with Gasteiger partial charge in [-0.05, 0) is 13.8 Å². The molecule has 0 spiro atoms. The highest BCUT2D eigenvalue weighted by molar-refractivity contribution is 5.84. The Hall–Kier alpha value is -1.14. The molecule has 104 valence electrons. The number of morpholine rings is 1. The monoisotopic (exact) mass is 258 g/mol. The highest BCUT2D eigenvalue weighted by Gasteiger charge is 2.29. The number of carbonyl (C=O) groups excluding carboxylic acids is 1. The lowest BCUT2D eigenvalue weighted by molar-refractivity contribution is -0.149. The SMILES string of the molecule is CC(C)(CC(=O)NCCN1CCOCC1)C(=O)O. The van der Waals surface area contributed by atoms with Gasteiger partial charge in [0.25, 0.3) is 0 Å². The summed E-state index contributed by atoms with van der Waals surface area (Å²) in [6.07, 6.45) is 0.00540. The average molecular weight is 258 g/mol. The quantitative estimate of drug-likeness (QED) is 0.697. The van der Waals surface area contributed by atoms with Gasteiger partial charge < -0.3 is 15.2 Å². The maximum Gasteiger partial charge on any atom is 0.309 e. The van der Waals surface area contributed by atoms with Crippen LogP contribution in [-0.2, 0) is 14.3 Å². The number of rotatable bonds is 6. The molecule has 1 amide bonds. The molecule has 18 heavy (non-hydrogen) atoms. The maximum absolute atomic E-state index is 11.6. The molecule has 0 unspecified atom stereocenters. The molecular weight excluding hydrogens is 236 g/mol. The van der Waals surface area contributed by atoms with Gasteiger partial charge in [-0.1, -0.05) is 0 Å². The number of nitrogens with one attached hydrogen (secondary N) is 1. The van der Waals surface area contributed by atoms with E-state index in [1.54, 1.807) is 13.8 Å². The van der Waals surface area contributed by atoms with Crippen molar-refractivity contribution in [2.75, 3.05) is 39.4 Å². The molecule has 1 rings (SSSR count). The number of aliphatic carboxylic acids is 1. The van der Waals surface area contributed by atoms with E-state index in [0.717, 1.165) is 32.8 Å². The molecule has 0 aromatic carbocycles. The van der Waals surface area contributed by atoms with E-state index in [0.29, 0.717) is 6.54 Å². The fourth-order valence-electron chi connectivity index (χ4n) is 1.72. The van der Waals surface area contributed by atoms with Crippen LogP contribution in [-0.4, -0.2) is 61.3 Å². The van der Waals surface area contributed by atoms with Crippen molar-refractivity contribution in [3.8, 4) is 0 Å². The molecule has 1 heterocycles. The molecule has 2 N–H and O–H groups in total. The minimum Gasteiger partial charge on any atom is -0.481 e. The second-order valence-electron chi connectivity index (χ2n) is 5.17. The summed E-state index contributed by atoms with van der Waals surface area (Å²) in [5, 5.41) is 11.7. The fraction of sp³-hybridized carbons (Fsp3) is 0.833. The smallest absolute Gasteiger partial charge is 0.309 e. The number of carbonyl (C=O) groups is 2. The van der Waals surface area contributed by atoms with Crippen molar-refractivity contribution >= 4 is 11.9 Å². The molecule has 1 aliphatic heterocycles. The van der Waals surface area contributed by atoms with E-state index < -0.39 is 11.4 Å². The van der Waals surface area contributed by atoms with Gasteiger partial charge >= 0.3 is 5.97 Å². The Bertz CT molecular complexity index is 298. The van der Waals surface area contributed by atoms with Crippen molar-refractivity contribution in [3.63, 3.8) is 0 Å². The van der Waals surface area contributed by atoms with Gasteiger partial charge in [0.05, 0.1) is 18.6 Å². The van der Waals surface area contributed by atoms with Crippen LogP contribution in [0.25, 0.3) is 0 Å². The van der Waals surface area contributed by atoms with E-state index in [1.807, 2.05) is 0 Å². The lowest BCUT2D eigenvalue weighted by atomic mass is 9.89. The molecule has 0 bridgehead atoms. The summed E-state index contributed by atoms with van der Waals surface area (Å²) in [6.45, 7) is 7.68. The van der Waals surface area contributed by atoms with Crippen LogP contribution in [0.2, 0.25) is 0 Å². The highest BCUT2D eigenvalue weighted by Crippen LogP contribution is 2.19. The number of hydrogen-bond donors (Lipinski definition) is 2. The van der Waals surface area contributed by atoms with Crippen molar-refractivity contribution in [1.82, 2.24) is 10.2 Å². The van der Waals surface area contributed by atoms with E-state index in [2.05, 4.69) is 10.2 Å². The molecule has 0 radical (unpaired) electrons. The molecule has 1 aliphatic rings. The van der Waals surface area contributed by atoms with Gasteiger partial charge in [-0.3, -0.25) is 14.5 Å². The van der Waals surface area contributed by atoms with Crippen LogP contribution in [0.15, 0.2) is 0 Å². The van der Waals surface area contributed by atoms with Gasteiger partial charge in [0.1, 0.15) is 0 Å². The Morgan fingerprint density at radius 1 is 1.33 bits per heavy atom. The molecule has 0 aromatic heterocycles. The zero-order chi connectivity index (χ0) is 13.6. The van der Waals surface area contributed by atoms with Crippen molar-refractivity contribution < 1.29 is 19.4 Å². The van der Waals surface area contributed by atoms with E-state index in [1.165, 1.54) is 0 Å². The Morgan fingerprint density at radius 2 is 1.94 bits per heavy atom. The molecule has 1 saturated heterocycles. The van der Waals surface area contributed by atoms with Crippen LogP contribution >= 0.6 is 0 Å². The normalized spacial score (nSPS) is 17.4. The number of carboxylic acids is 1. The molecule has 0 aromatic rings. The Labute approximate surface area is 107 Å². The number of ether oxygens (including phenoxy) is 1. The summed E-state index contributed by atoms with van der Waals surface area (Å²) >= 11 is 0. The van der Waals surface area contributed by atoms with Gasteiger partial charge in [0, 0.05) is 32.6 Å². The van der Waals surface area contributed by atoms with E-state index in [4.69, 9.17) is 9.84 Å². The summed E-state index contributed by atoms with van der Waals surface area (Å²) in [5.41, 5.74) is -1.01. The largest absolute Gasteiger partial charge is 0.481 e. The molecule has 0 atom stereocenters. The third-order valence-corrected chi connectivity index (χ3v) is 3.04. The third-order valence-electron chi connectivity index (χ3n) is 3.04.